The Hall–Kier alpha value is -2.97. The number of rotatable bonds is 10. The molecule has 184 valence electrons. The summed E-state index contributed by atoms with van der Waals surface area (Å²) in [4.78, 5) is 19.4. The van der Waals surface area contributed by atoms with E-state index < -0.39 is 62.3 Å². The highest BCUT2D eigenvalue weighted by Gasteiger charge is 2.28. The number of hydrogen-bond donors (Lipinski definition) is 2. The molecule has 3 aromatic rings. The van der Waals surface area contributed by atoms with Gasteiger partial charge in [-0.15, -0.1) is 0 Å². The summed E-state index contributed by atoms with van der Waals surface area (Å²) in [6.07, 6.45) is 2.94. The van der Waals surface area contributed by atoms with Crippen LogP contribution in [0.1, 0.15) is 30.1 Å². The van der Waals surface area contributed by atoms with Crippen molar-refractivity contribution in [2.75, 3.05) is 27.7 Å². The summed E-state index contributed by atoms with van der Waals surface area (Å²) in [7, 11) is -3.46. The van der Waals surface area contributed by atoms with Crippen molar-refractivity contribution in [3.63, 3.8) is 0 Å². The van der Waals surface area contributed by atoms with Gasteiger partial charge in [-0.1, -0.05) is 6.92 Å². The average molecular weight is 518 g/mol. The van der Waals surface area contributed by atoms with Crippen LogP contribution >= 0.6 is 0 Å². The third-order valence-corrected chi connectivity index (χ3v) is 7.48. The number of aromatic amines is 1. The fourth-order valence-electron chi connectivity index (χ4n) is 3.29. The van der Waals surface area contributed by atoms with Crippen molar-refractivity contribution < 1.29 is 35.1 Å². The third-order valence-electron chi connectivity index (χ3n) is 4.80. The van der Waals surface area contributed by atoms with Gasteiger partial charge in [0.2, 0.25) is 0 Å². The van der Waals surface area contributed by atoms with Crippen molar-refractivity contribution in [1.29, 1.82) is 0 Å². The number of benzene rings is 1. The lowest BCUT2D eigenvalue weighted by Gasteiger charge is -2.27. The number of nitrogens with zero attached hydrogens (tertiary/aromatic N) is 2. The molecule has 1 unspecified atom stereocenters. The summed E-state index contributed by atoms with van der Waals surface area (Å²) in [5.74, 6) is -6.95. The van der Waals surface area contributed by atoms with Gasteiger partial charge < -0.3 is 14.9 Å². The summed E-state index contributed by atoms with van der Waals surface area (Å²) in [6, 6.07) is 3.40. The smallest absolute Gasteiger partial charge is 0.261 e. The van der Waals surface area contributed by atoms with E-state index in [0.717, 1.165) is 0 Å². The number of anilines is 2. The highest BCUT2D eigenvalue weighted by atomic mass is 32.2. The molecular formula is C20H20F3N4O5S2-. The van der Waals surface area contributed by atoms with Crippen LogP contribution < -0.4 is 9.62 Å². The minimum Gasteiger partial charge on any atom is -0.755 e. The quantitative estimate of drug-likeness (QED) is 0.314. The normalized spacial score (nSPS) is 12.6. The van der Waals surface area contributed by atoms with E-state index in [0.29, 0.717) is 27.8 Å². The molecule has 0 bridgehead atoms. The molecule has 0 aliphatic heterocycles. The fourth-order valence-corrected chi connectivity index (χ4v) is 5.26. The van der Waals surface area contributed by atoms with E-state index in [9.17, 15) is 30.8 Å². The van der Waals surface area contributed by atoms with Gasteiger partial charge in [-0.3, -0.25) is 13.3 Å². The topological polar surface area (TPSA) is 135 Å². The zero-order valence-electron chi connectivity index (χ0n) is 17.8. The first-order valence-corrected chi connectivity index (χ1v) is 12.9. The van der Waals surface area contributed by atoms with Crippen LogP contribution in [0, 0.1) is 17.5 Å². The lowest BCUT2D eigenvalue weighted by Crippen LogP contribution is -2.30. The van der Waals surface area contributed by atoms with Crippen LogP contribution in [-0.2, 0) is 21.1 Å². The molecule has 0 aliphatic carbocycles. The van der Waals surface area contributed by atoms with Crippen molar-refractivity contribution >= 4 is 49.4 Å². The number of amides is 1. The molecule has 34 heavy (non-hydrogen) atoms. The van der Waals surface area contributed by atoms with Crippen LogP contribution in [0.3, 0.4) is 0 Å². The van der Waals surface area contributed by atoms with E-state index >= 15 is 4.39 Å². The molecule has 0 saturated heterocycles. The van der Waals surface area contributed by atoms with Crippen LogP contribution in [0.15, 0.2) is 30.6 Å². The predicted molar refractivity (Wildman–Crippen MR) is 120 cm³/mol. The molecule has 3 rings (SSSR count). The number of carbonyl (C=O) groups excluding carboxylic acids is 1. The highest BCUT2D eigenvalue weighted by molar-refractivity contribution is 7.91. The lowest BCUT2D eigenvalue weighted by molar-refractivity contribution is 0.101. The summed E-state index contributed by atoms with van der Waals surface area (Å²) in [5, 5.41) is 2.80. The van der Waals surface area contributed by atoms with E-state index in [1.54, 1.807) is 19.2 Å². The minimum absolute atomic E-state index is 0.0621. The van der Waals surface area contributed by atoms with Gasteiger partial charge in [0.15, 0.2) is 17.5 Å². The first-order valence-electron chi connectivity index (χ1n) is 10.0. The van der Waals surface area contributed by atoms with Gasteiger partial charge in [-0.2, -0.15) is 0 Å². The summed E-state index contributed by atoms with van der Waals surface area (Å²) in [6.45, 7) is 1.13. The lowest BCUT2D eigenvalue weighted by atomic mass is 10.1. The molecule has 1 amide bonds. The van der Waals surface area contributed by atoms with Crippen LogP contribution in [0.5, 0.6) is 0 Å². The van der Waals surface area contributed by atoms with Gasteiger partial charge >= 0.3 is 0 Å². The van der Waals surface area contributed by atoms with Crippen LogP contribution in [0.25, 0.3) is 11.0 Å². The number of halogens is 3. The Kier molecular flexibility index (Phi) is 7.94. The first kappa shape index (κ1) is 25.6. The number of sulfone groups is 1. The number of H-pyrrole nitrogens is 1. The van der Waals surface area contributed by atoms with Crippen LogP contribution in [0.2, 0.25) is 0 Å². The number of nitrogens with one attached hydrogen (secondary N) is 2. The van der Waals surface area contributed by atoms with Crippen LogP contribution in [0.4, 0.5) is 24.5 Å². The van der Waals surface area contributed by atoms with Gasteiger partial charge in [-0.05, 0) is 25.0 Å². The van der Waals surface area contributed by atoms with E-state index in [2.05, 4.69) is 15.3 Å². The number of pyridine rings is 1. The maximum absolute atomic E-state index is 15.1. The molecule has 0 saturated carbocycles. The van der Waals surface area contributed by atoms with Gasteiger partial charge in [0.1, 0.15) is 21.0 Å². The van der Waals surface area contributed by atoms with Crippen LogP contribution in [-0.4, -0.2) is 51.1 Å². The summed E-state index contributed by atoms with van der Waals surface area (Å²) < 4.78 is 91.2. The molecule has 2 heterocycles. The van der Waals surface area contributed by atoms with Gasteiger partial charge in [-0.25, -0.2) is 26.6 Å². The Balaban J connectivity index is 1.90. The Morgan fingerprint density at radius 2 is 1.97 bits per heavy atom. The summed E-state index contributed by atoms with van der Waals surface area (Å²) in [5.41, 5.74) is -1.70. The van der Waals surface area contributed by atoms with Crippen molar-refractivity contribution in [2.45, 2.75) is 19.8 Å². The number of aromatic nitrogens is 2. The third kappa shape index (κ3) is 5.74. The monoisotopic (exact) mass is 517 g/mol. The number of fused-ring (bicyclic) bond motifs is 1. The molecular weight excluding hydrogens is 497 g/mol. The maximum atomic E-state index is 15.1. The largest absolute Gasteiger partial charge is 0.755 e. The molecule has 1 aromatic carbocycles. The van der Waals surface area contributed by atoms with Gasteiger partial charge in [0.25, 0.3) is 5.91 Å². The van der Waals surface area contributed by atoms with E-state index in [4.69, 9.17) is 0 Å². The predicted octanol–water partition coefficient (Wildman–Crippen LogP) is 3.05. The SMILES string of the molecule is CCCS(=O)(=O)CCCN(c1cc(F)c(F)c(C(=O)Nc2cnc3[nH]ccc3c2)c1F)S(=O)[O-]. The standard InChI is InChI=1S/C20H21F3N4O5S2/c1-2-7-34(31,32)8-3-6-27(33(29)30)15-10-14(21)17(22)16(18(15)23)20(28)26-13-9-12-4-5-24-19(12)25-11-13/h4-5,9-11H,2-3,6-8H2,1H3,(H,24,25)(H,26,28)(H,29,30)/p-1. The molecule has 0 fully saturated rings. The molecule has 2 N–H and O–H groups in total. The average Bonchev–Trinajstić information content (AvgIpc) is 3.22. The van der Waals surface area contributed by atoms with Gasteiger partial charge in [0, 0.05) is 41.2 Å². The van der Waals surface area contributed by atoms with Crippen molar-refractivity contribution in [2.24, 2.45) is 0 Å². The molecule has 0 aliphatic rings. The van der Waals surface area contributed by atoms with Crippen molar-refractivity contribution in [1.82, 2.24) is 9.97 Å². The molecule has 2 aromatic heterocycles. The Bertz CT molecular complexity index is 1350. The van der Waals surface area contributed by atoms with E-state index in [-0.39, 0.29) is 23.6 Å². The minimum atomic E-state index is -3.46. The van der Waals surface area contributed by atoms with E-state index in [1.165, 1.54) is 12.3 Å². The fraction of sp³-hybridized carbons (Fsp3) is 0.300. The Morgan fingerprint density at radius 3 is 2.65 bits per heavy atom. The second-order valence-electron chi connectivity index (χ2n) is 7.30. The van der Waals surface area contributed by atoms with Gasteiger partial charge in [0.05, 0.1) is 23.3 Å². The second-order valence-corrected chi connectivity index (χ2v) is 10.5. The number of hydrogen-bond acceptors (Lipinski definition) is 6. The van der Waals surface area contributed by atoms with Crippen molar-refractivity contribution in [3.8, 4) is 0 Å². The maximum Gasteiger partial charge on any atom is 0.261 e. The molecule has 1 atom stereocenters. The molecule has 14 heteroatoms. The second kappa shape index (κ2) is 10.5. The zero-order chi connectivity index (χ0) is 25.0. The Labute approximate surface area is 195 Å². The first-order chi connectivity index (χ1) is 16.0. The van der Waals surface area contributed by atoms with Crippen molar-refractivity contribution in [3.05, 3.63) is 53.6 Å². The molecule has 9 nitrogen and oxygen atoms in total. The molecule has 0 spiro atoms. The zero-order valence-corrected chi connectivity index (χ0v) is 19.4. The number of carbonyl (C=O) groups is 1. The van der Waals surface area contributed by atoms with E-state index in [1.807, 2.05) is 0 Å². The molecule has 0 radical (unpaired) electrons. The highest BCUT2D eigenvalue weighted by Crippen LogP contribution is 2.29. The Morgan fingerprint density at radius 1 is 1.24 bits per heavy atom. The summed E-state index contributed by atoms with van der Waals surface area (Å²) >= 11 is -3.17.